The molecule has 6 nitrogen and oxygen atoms in total. The minimum Gasteiger partial charge on any atom is -0.480 e. The molecule has 0 aromatic heterocycles. The van der Waals surface area contributed by atoms with E-state index in [2.05, 4.69) is 5.32 Å². The van der Waals surface area contributed by atoms with Crippen molar-refractivity contribution in [1.29, 1.82) is 0 Å². The van der Waals surface area contributed by atoms with Crippen molar-refractivity contribution in [3.8, 4) is 0 Å². The number of hydrogen-bond acceptors (Lipinski definition) is 3. The van der Waals surface area contributed by atoms with Crippen molar-refractivity contribution in [2.24, 2.45) is 0 Å². The van der Waals surface area contributed by atoms with Crippen LogP contribution in [0.2, 0.25) is 0 Å². The molecule has 0 bridgehead atoms. The highest BCUT2D eigenvalue weighted by Crippen LogP contribution is 2.12. The zero-order chi connectivity index (χ0) is 14.3. The molecule has 7 heteroatoms. The fourth-order valence-electron chi connectivity index (χ4n) is 1.26. The van der Waals surface area contributed by atoms with Crippen LogP contribution in [0, 0.1) is 0 Å². The SMILES string of the molecule is CCS(=O)CCNC(=O)N(CC(=O)O)C(C)(C)C. The molecule has 2 N–H and O–H groups in total. The zero-order valence-electron chi connectivity index (χ0n) is 11.4. The Kier molecular flexibility index (Phi) is 6.90. The van der Waals surface area contributed by atoms with E-state index in [1.54, 1.807) is 20.8 Å². The molecule has 0 aromatic rings. The Balaban J connectivity index is 4.40. The summed E-state index contributed by atoms with van der Waals surface area (Å²) >= 11 is 0. The van der Waals surface area contributed by atoms with Crippen LogP contribution < -0.4 is 5.32 Å². The Bertz CT molecular complexity index is 325. The summed E-state index contributed by atoms with van der Waals surface area (Å²) in [5.74, 6) is -0.126. The molecule has 18 heavy (non-hydrogen) atoms. The van der Waals surface area contributed by atoms with E-state index in [4.69, 9.17) is 5.11 Å². The summed E-state index contributed by atoms with van der Waals surface area (Å²) in [7, 11) is -0.938. The van der Waals surface area contributed by atoms with E-state index in [9.17, 15) is 13.8 Å². The maximum Gasteiger partial charge on any atom is 0.323 e. The Hall–Kier alpha value is -1.11. The van der Waals surface area contributed by atoms with Gasteiger partial charge >= 0.3 is 12.0 Å². The van der Waals surface area contributed by atoms with Gasteiger partial charge in [0.2, 0.25) is 0 Å². The van der Waals surface area contributed by atoms with Gasteiger partial charge in [0.1, 0.15) is 6.54 Å². The van der Waals surface area contributed by atoms with Crippen LogP contribution in [0.1, 0.15) is 27.7 Å². The van der Waals surface area contributed by atoms with E-state index >= 15 is 0 Å². The number of nitrogens with one attached hydrogen (secondary N) is 1. The van der Waals surface area contributed by atoms with Crippen molar-refractivity contribution < 1.29 is 18.9 Å². The first kappa shape index (κ1) is 16.9. The molecule has 0 spiro atoms. The minimum absolute atomic E-state index is 0.283. The fraction of sp³-hybridized carbons (Fsp3) is 0.818. The topological polar surface area (TPSA) is 86.7 Å². The third-order valence-corrected chi connectivity index (χ3v) is 3.58. The quantitative estimate of drug-likeness (QED) is 0.747. The lowest BCUT2D eigenvalue weighted by atomic mass is 10.1. The average molecular weight is 278 g/mol. The number of carbonyl (C=O) groups is 2. The van der Waals surface area contributed by atoms with Crippen molar-refractivity contribution in [3.05, 3.63) is 0 Å². The number of nitrogens with zero attached hydrogens (tertiary/aromatic N) is 1. The second kappa shape index (κ2) is 7.35. The number of hydrogen-bond donors (Lipinski definition) is 2. The zero-order valence-corrected chi connectivity index (χ0v) is 12.2. The highest BCUT2D eigenvalue weighted by atomic mass is 32.2. The normalized spacial score (nSPS) is 12.9. The first-order valence-electron chi connectivity index (χ1n) is 5.80. The molecule has 0 radical (unpaired) electrons. The maximum atomic E-state index is 11.8. The van der Waals surface area contributed by atoms with E-state index < -0.39 is 28.3 Å². The lowest BCUT2D eigenvalue weighted by molar-refractivity contribution is -0.138. The predicted molar refractivity (Wildman–Crippen MR) is 71.0 cm³/mol. The molecule has 0 rings (SSSR count). The van der Waals surface area contributed by atoms with Gasteiger partial charge in [-0.15, -0.1) is 0 Å². The number of carboxylic acid groups (broad SMARTS) is 1. The number of amides is 2. The monoisotopic (exact) mass is 278 g/mol. The minimum atomic E-state index is -1.06. The molecule has 0 aliphatic rings. The summed E-state index contributed by atoms with van der Waals surface area (Å²) in [6.45, 7) is 7.03. The predicted octanol–water partition coefficient (Wildman–Crippen LogP) is 0.650. The molecular weight excluding hydrogens is 256 g/mol. The van der Waals surface area contributed by atoms with Crippen LogP contribution in [-0.4, -0.2) is 56.3 Å². The van der Waals surface area contributed by atoms with Crippen molar-refractivity contribution in [2.45, 2.75) is 33.2 Å². The third-order valence-electron chi connectivity index (χ3n) is 2.28. The van der Waals surface area contributed by atoms with Crippen molar-refractivity contribution in [2.75, 3.05) is 24.6 Å². The molecule has 0 heterocycles. The van der Waals surface area contributed by atoms with E-state index in [0.29, 0.717) is 11.5 Å². The van der Waals surface area contributed by atoms with Crippen LogP contribution in [-0.2, 0) is 15.6 Å². The Morgan fingerprint density at radius 1 is 1.33 bits per heavy atom. The van der Waals surface area contributed by atoms with E-state index in [1.165, 1.54) is 4.90 Å². The van der Waals surface area contributed by atoms with Crippen LogP contribution in [0.3, 0.4) is 0 Å². The van der Waals surface area contributed by atoms with Gasteiger partial charge in [-0.3, -0.25) is 9.00 Å². The summed E-state index contributed by atoms with van der Waals surface area (Å²) < 4.78 is 11.2. The van der Waals surface area contributed by atoms with Gasteiger partial charge in [-0.2, -0.15) is 0 Å². The number of urea groups is 1. The van der Waals surface area contributed by atoms with Crippen LogP contribution in [0.5, 0.6) is 0 Å². The van der Waals surface area contributed by atoms with Gasteiger partial charge < -0.3 is 15.3 Å². The summed E-state index contributed by atoms with van der Waals surface area (Å²) in [5, 5.41) is 11.4. The smallest absolute Gasteiger partial charge is 0.323 e. The molecule has 0 aromatic carbocycles. The fourth-order valence-corrected chi connectivity index (χ4v) is 1.88. The molecule has 1 atom stereocenters. The molecular formula is C11H22N2O4S. The van der Waals surface area contributed by atoms with E-state index in [1.807, 2.05) is 6.92 Å². The van der Waals surface area contributed by atoms with Crippen LogP contribution in [0.15, 0.2) is 0 Å². The molecule has 0 aliphatic heterocycles. The standard InChI is InChI=1S/C11H22N2O4S/c1-5-18(17)7-6-12-10(16)13(8-9(14)15)11(2,3)4/h5-8H2,1-4H3,(H,12,16)(H,14,15). The van der Waals surface area contributed by atoms with Gasteiger partial charge in [0.25, 0.3) is 0 Å². The Labute approximate surface area is 110 Å². The first-order chi connectivity index (χ1) is 8.18. The lowest BCUT2D eigenvalue weighted by Crippen LogP contribution is -2.52. The number of rotatable bonds is 6. The Morgan fingerprint density at radius 3 is 2.28 bits per heavy atom. The average Bonchev–Trinajstić information content (AvgIpc) is 2.23. The van der Waals surface area contributed by atoms with E-state index in [-0.39, 0.29) is 13.1 Å². The molecule has 0 saturated heterocycles. The second-order valence-electron chi connectivity index (χ2n) is 4.82. The van der Waals surface area contributed by atoms with Crippen molar-refractivity contribution in [1.82, 2.24) is 10.2 Å². The number of aliphatic carboxylic acids is 1. The van der Waals surface area contributed by atoms with Gasteiger partial charge in [-0.05, 0) is 20.8 Å². The third kappa shape index (κ3) is 6.58. The van der Waals surface area contributed by atoms with Gasteiger partial charge in [-0.1, -0.05) is 6.92 Å². The Morgan fingerprint density at radius 2 is 1.89 bits per heavy atom. The van der Waals surface area contributed by atoms with Gasteiger partial charge in [-0.25, -0.2) is 4.79 Å². The molecule has 0 fully saturated rings. The van der Waals surface area contributed by atoms with Gasteiger partial charge in [0, 0.05) is 34.4 Å². The van der Waals surface area contributed by atoms with Gasteiger partial charge in [0.15, 0.2) is 0 Å². The molecule has 0 aliphatic carbocycles. The second-order valence-corrected chi connectivity index (χ2v) is 6.68. The van der Waals surface area contributed by atoms with E-state index in [0.717, 1.165) is 0 Å². The highest BCUT2D eigenvalue weighted by molar-refractivity contribution is 7.84. The molecule has 2 amide bonds. The van der Waals surface area contributed by atoms with Gasteiger partial charge in [0.05, 0.1) is 0 Å². The highest BCUT2D eigenvalue weighted by Gasteiger charge is 2.28. The lowest BCUT2D eigenvalue weighted by Gasteiger charge is -2.34. The molecule has 106 valence electrons. The van der Waals surface area contributed by atoms with Crippen molar-refractivity contribution >= 4 is 22.8 Å². The number of carboxylic acids is 1. The first-order valence-corrected chi connectivity index (χ1v) is 7.29. The van der Waals surface area contributed by atoms with Crippen LogP contribution in [0.4, 0.5) is 4.79 Å². The summed E-state index contributed by atoms with van der Waals surface area (Å²) in [5.41, 5.74) is -0.577. The number of carbonyl (C=O) groups excluding carboxylic acids is 1. The van der Waals surface area contributed by atoms with Crippen LogP contribution in [0.25, 0.3) is 0 Å². The summed E-state index contributed by atoms with van der Waals surface area (Å²) in [6, 6.07) is -0.446. The molecule has 0 saturated carbocycles. The summed E-state index contributed by atoms with van der Waals surface area (Å²) in [4.78, 5) is 23.8. The largest absolute Gasteiger partial charge is 0.480 e. The van der Waals surface area contributed by atoms with Crippen molar-refractivity contribution in [3.63, 3.8) is 0 Å². The molecule has 1 unspecified atom stereocenters. The maximum absolute atomic E-state index is 11.8. The van der Waals surface area contributed by atoms with Crippen LogP contribution >= 0.6 is 0 Å². The summed E-state index contributed by atoms with van der Waals surface area (Å²) in [6.07, 6.45) is 0.